The Morgan fingerprint density at radius 3 is 2.75 bits per heavy atom. The van der Waals surface area contributed by atoms with Crippen molar-refractivity contribution in [1.82, 2.24) is 20.0 Å². The van der Waals surface area contributed by atoms with E-state index in [0.29, 0.717) is 37.5 Å². The summed E-state index contributed by atoms with van der Waals surface area (Å²) in [6.45, 7) is 4.84. The van der Waals surface area contributed by atoms with Crippen LogP contribution < -0.4 is 0 Å². The lowest BCUT2D eigenvalue weighted by Gasteiger charge is -2.23. The van der Waals surface area contributed by atoms with E-state index in [4.69, 9.17) is 4.74 Å². The summed E-state index contributed by atoms with van der Waals surface area (Å²) in [5.41, 5.74) is 2.50. The van der Waals surface area contributed by atoms with E-state index in [9.17, 15) is 9.59 Å². The second-order valence-electron chi connectivity index (χ2n) is 7.73. The number of carbonyl (C=O) groups excluding carboxylic acids is 2. The van der Waals surface area contributed by atoms with Gasteiger partial charge in [0.25, 0.3) is 5.91 Å². The molecule has 28 heavy (non-hydrogen) atoms. The Balaban J connectivity index is 1.54. The molecule has 0 radical (unpaired) electrons. The highest BCUT2D eigenvalue weighted by atomic mass is 16.5. The van der Waals surface area contributed by atoms with Crippen LogP contribution in [0.5, 0.6) is 0 Å². The minimum Gasteiger partial charge on any atom is -0.383 e. The average Bonchev–Trinajstić information content (AvgIpc) is 3.40. The van der Waals surface area contributed by atoms with Crippen LogP contribution >= 0.6 is 0 Å². The smallest absolute Gasteiger partial charge is 0.257 e. The zero-order chi connectivity index (χ0) is 19.7. The van der Waals surface area contributed by atoms with Gasteiger partial charge in [-0.2, -0.15) is 5.10 Å². The lowest BCUT2D eigenvalue weighted by Crippen LogP contribution is -2.39. The molecule has 0 bridgehead atoms. The Morgan fingerprint density at radius 1 is 1.25 bits per heavy atom. The van der Waals surface area contributed by atoms with E-state index >= 15 is 0 Å². The van der Waals surface area contributed by atoms with Crippen molar-refractivity contribution in [2.24, 2.45) is 5.41 Å². The second-order valence-corrected chi connectivity index (χ2v) is 7.73. The van der Waals surface area contributed by atoms with Crippen LogP contribution in [0.3, 0.4) is 0 Å². The molecular weight excluding hydrogens is 356 g/mol. The molecule has 2 fully saturated rings. The van der Waals surface area contributed by atoms with Gasteiger partial charge in [-0.15, -0.1) is 0 Å². The van der Waals surface area contributed by atoms with Gasteiger partial charge in [-0.3, -0.25) is 14.7 Å². The van der Waals surface area contributed by atoms with E-state index in [-0.39, 0.29) is 11.8 Å². The first kappa shape index (κ1) is 18.7. The van der Waals surface area contributed by atoms with Crippen LogP contribution in [0.2, 0.25) is 0 Å². The summed E-state index contributed by atoms with van der Waals surface area (Å²) < 4.78 is 5.11. The minimum absolute atomic E-state index is 0.0508. The number of methoxy groups -OCH3 is 1. The zero-order valence-electron chi connectivity index (χ0n) is 16.4. The summed E-state index contributed by atoms with van der Waals surface area (Å²) in [6.07, 6.45) is 1.52. The first-order chi connectivity index (χ1) is 13.6. The molecule has 1 atom stereocenters. The zero-order valence-corrected chi connectivity index (χ0v) is 16.4. The number of hydrogen-bond acceptors (Lipinski definition) is 4. The number of hydrogen-bond donors (Lipinski definition) is 1. The molecule has 2 aliphatic heterocycles. The molecule has 1 spiro atoms. The first-order valence-corrected chi connectivity index (χ1v) is 9.74. The molecule has 1 aromatic heterocycles. The van der Waals surface area contributed by atoms with Crippen LogP contribution in [-0.4, -0.2) is 71.7 Å². The normalized spacial score (nSPS) is 21.9. The van der Waals surface area contributed by atoms with Crippen molar-refractivity contribution in [3.05, 3.63) is 41.6 Å². The van der Waals surface area contributed by atoms with Gasteiger partial charge in [0.15, 0.2) is 0 Å². The number of rotatable bonds is 5. The standard InChI is InChI=1S/C21H26N4O3/c1-15-17(18(23-22-15)16-6-4-3-5-7-16)19(26)25-11-9-21(14-25)8-10-24(20(21)27)12-13-28-2/h3-7H,8-14H2,1-2H3,(H,22,23). The van der Waals surface area contributed by atoms with E-state index in [1.165, 1.54) is 0 Å². The van der Waals surface area contributed by atoms with Gasteiger partial charge >= 0.3 is 0 Å². The van der Waals surface area contributed by atoms with Gasteiger partial charge in [0.05, 0.1) is 17.6 Å². The molecule has 2 aromatic rings. The maximum Gasteiger partial charge on any atom is 0.257 e. The lowest BCUT2D eigenvalue weighted by atomic mass is 9.85. The van der Waals surface area contributed by atoms with Gasteiger partial charge in [-0.05, 0) is 19.8 Å². The largest absolute Gasteiger partial charge is 0.383 e. The average molecular weight is 382 g/mol. The van der Waals surface area contributed by atoms with Gasteiger partial charge in [-0.1, -0.05) is 30.3 Å². The highest BCUT2D eigenvalue weighted by Crippen LogP contribution is 2.41. The fourth-order valence-electron chi connectivity index (χ4n) is 4.39. The molecule has 2 amide bonds. The van der Waals surface area contributed by atoms with E-state index < -0.39 is 5.41 Å². The number of likely N-dealkylation sites (tertiary alicyclic amines) is 2. The topological polar surface area (TPSA) is 78.5 Å². The monoisotopic (exact) mass is 382 g/mol. The summed E-state index contributed by atoms with van der Waals surface area (Å²) in [7, 11) is 1.64. The number of aromatic amines is 1. The van der Waals surface area contributed by atoms with E-state index in [2.05, 4.69) is 10.2 Å². The molecule has 0 aliphatic carbocycles. The molecule has 2 aliphatic rings. The van der Waals surface area contributed by atoms with Gasteiger partial charge < -0.3 is 14.5 Å². The summed E-state index contributed by atoms with van der Waals surface area (Å²) in [5, 5.41) is 7.32. The van der Waals surface area contributed by atoms with Crippen LogP contribution in [0.25, 0.3) is 11.3 Å². The SMILES string of the molecule is COCCN1CCC2(CCN(C(=O)c3c(-c4ccccc4)n[nH]c3C)C2)C1=O. The predicted octanol–water partition coefficient (Wildman–Crippen LogP) is 2.10. The second kappa shape index (κ2) is 7.39. The van der Waals surface area contributed by atoms with E-state index in [1.807, 2.05) is 47.1 Å². The van der Waals surface area contributed by atoms with Crippen LogP contribution in [-0.2, 0) is 9.53 Å². The van der Waals surface area contributed by atoms with E-state index in [0.717, 1.165) is 30.6 Å². The molecule has 3 heterocycles. The van der Waals surface area contributed by atoms with Crippen LogP contribution in [0, 0.1) is 12.3 Å². The van der Waals surface area contributed by atoms with Crippen molar-refractivity contribution in [3.63, 3.8) is 0 Å². The Hall–Kier alpha value is -2.67. The van der Waals surface area contributed by atoms with Gasteiger partial charge in [0, 0.05) is 44.5 Å². The molecule has 148 valence electrons. The molecule has 1 N–H and O–H groups in total. The number of nitrogens with one attached hydrogen (secondary N) is 1. The van der Waals surface area contributed by atoms with Gasteiger partial charge in [0.2, 0.25) is 5.91 Å². The first-order valence-electron chi connectivity index (χ1n) is 9.74. The molecule has 1 unspecified atom stereocenters. The third kappa shape index (κ3) is 3.09. The summed E-state index contributed by atoms with van der Waals surface area (Å²) in [6, 6.07) is 9.71. The third-order valence-electron chi connectivity index (χ3n) is 6.02. The van der Waals surface area contributed by atoms with Crippen molar-refractivity contribution < 1.29 is 14.3 Å². The van der Waals surface area contributed by atoms with Crippen molar-refractivity contribution in [1.29, 1.82) is 0 Å². The number of ether oxygens (including phenoxy) is 1. The fraction of sp³-hybridized carbons (Fsp3) is 0.476. The number of benzene rings is 1. The highest BCUT2D eigenvalue weighted by Gasteiger charge is 2.51. The van der Waals surface area contributed by atoms with E-state index in [1.54, 1.807) is 7.11 Å². The van der Waals surface area contributed by atoms with Crippen molar-refractivity contribution in [2.75, 3.05) is 39.9 Å². The van der Waals surface area contributed by atoms with Crippen molar-refractivity contribution >= 4 is 11.8 Å². The fourth-order valence-corrected chi connectivity index (χ4v) is 4.39. The van der Waals surface area contributed by atoms with Crippen LogP contribution in [0.15, 0.2) is 30.3 Å². The Kier molecular flexibility index (Phi) is 4.93. The maximum absolute atomic E-state index is 13.3. The summed E-state index contributed by atoms with van der Waals surface area (Å²) in [5.74, 6) is 0.108. The number of H-pyrrole nitrogens is 1. The number of amides is 2. The minimum atomic E-state index is -0.437. The number of aryl methyl sites for hydroxylation is 1. The van der Waals surface area contributed by atoms with Crippen LogP contribution in [0.4, 0.5) is 0 Å². The molecule has 0 saturated carbocycles. The summed E-state index contributed by atoms with van der Waals surface area (Å²) in [4.78, 5) is 30.0. The Morgan fingerprint density at radius 2 is 2.00 bits per heavy atom. The molecule has 7 heteroatoms. The predicted molar refractivity (Wildman–Crippen MR) is 105 cm³/mol. The van der Waals surface area contributed by atoms with Gasteiger partial charge in [0.1, 0.15) is 5.69 Å². The highest BCUT2D eigenvalue weighted by molar-refractivity contribution is 6.01. The van der Waals surface area contributed by atoms with Crippen molar-refractivity contribution in [2.45, 2.75) is 19.8 Å². The number of nitrogens with zero attached hydrogens (tertiary/aromatic N) is 3. The number of carbonyl (C=O) groups is 2. The molecule has 4 rings (SSSR count). The molecule has 7 nitrogen and oxygen atoms in total. The van der Waals surface area contributed by atoms with Crippen LogP contribution in [0.1, 0.15) is 28.9 Å². The molecule has 1 aromatic carbocycles. The summed E-state index contributed by atoms with van der Waals surface area (Å²) >= 11 is 0. The maximum atomic E-state index is 13.3. The Bertz CT molecular complexity index is 879. The quantitative estimate of drug-likeness (QED) is 0.859. The molecule has 2 saturated heterocycles. The number of aromatic nitrogens is 2. The Labute approximate surface area is 164 Å². The lowest BCUT2D eigenvalue weighted by molar-refractivity contribution is -0.135. The van der Waals surface area contributed by atoms with Crippen molar-refractivity contribution in [3.8, 4) is 11.3 Å². The third-order valence-corrected chi connectivity index (χ3v) is 6.02. The molecular formula is C21H26N4O3. The van der Waals surface area contributed by atoms with Gasteiger partial charge in [-0.25, -0.2) is 0 Å².